The molecule has 1 heterocycles. The van der Waals surface area contributed by atoms with E-state index >= 15 is 0 Å². The molecule has 2 rings (SSSR count). The minimum Gasteiger partial charge on any atom is -0.389 e. The lowest BCUT2D eigenvalue weighted by atomic mass is 10.1. The van der Waals surface area contributed by atoms with Crippen LogP contribution in [0.5, 0.6) is 0 Å². The van der Waals surface area contributed by atoms with E-state index in [1.165, 1.54) is 0 Å². The first-order valence-electron chi connectivity index (χ1n) is 6.70. The molecule has 1 aromatic rings. The monoisotopic (exact) mass is 309 g/mol. The average molecular weight is 309 g/mol. The number of rotatable bonds is 4. The summed E-state index contributed by atoms with van der Waals surface area (Å²) in [4.78, 5) is 14.2. The third-order valence-corrected chi connectivity index (χ3v) is 3.88. The summed E-state index contributed by atoms with van der Waals surface area (Å²) in [5, 5.41) is 21.9. The zero-order valence-electron chi connectivity index (χ0n) is 11.7. The van der Waals surface area contributed by atoms with Crippen molar-refractivity contribution >= 4 is 28.8 Å². The Morgan fingerprint density at radius 2 is 1.95 bits per heavy atom. The number of carbonyl (C=O) groups excluding carboxylic acids is 1. The smallest absolute Gasteiger partial charge is 0.241 e. The molecule has 3 atom stereocenters. The standard InChI is InChI=1S/C14H19N3O3S/c1-8(17-6-11(18)12(19)7-17)14(20)16-10-5-3-2-4-9(10)13(15)21/h2-5,8,11-12,18-19H,6-7H2,1H3,(H2,15,21)(H,16,20). The molecular weight excluding hydrogens is 290 g/mol. The molecule has 21 heavy (non-hydrogen) atoms. The van der Waals surface area contributed by atoms with Crippen molar-refractivity contribution in [3.05, 3.63) is 29.8 Å². The van der Waals surface area contributed by atoms with Crippen LogP contribution in [0, 0.1) is 0 Å². The van der Waals surface area contributed by atoms with Crippen molar-refractivity contribution < 1.29 is 15.0 Å². The Morgan fingerprint density at radius 3 is 2.52 bits per heavy atom. The molecule has 1 fully saturated rings. The first-order chi connectivity index (χ1) is 9.90. The first-order valence-corrected chi connectivity index (χ1v) is 7.11. The Hall–Kier alpha value is -1.54. The summed E-state index contributed by atoms with van der Waals surface area (Å²) in [6, 6.07) is 6.57. The quantitative estimate of drug-likeness (QED) is 0.569. The van der Waals surface area contributed by atoms with Crippen molar-refractivity contribution in [2.75, 3.05) is 18.4 Å². The molecule has 114 valence electrons. The van der Waals surface area contributed by atoms with Crippen LogP contribution in [0.3, 0.4) is 0 Å². The second-order valence-corrected chi connectivity index (χ2v) is 5.60. The van der Waals surface area contributed by atoms with E-state index in [0.29, 0.717) is 11.3 Å². The molecule has 0 aliphatic carbocycles. The second-order valence-electron chi connectivity index (χ2n) is 5.16. The van der Waals surface area contributed by atoms with Crippen LogP contribution in [0.25, 0.3) is 0 Å². The number of nitrogens with two attached hydrogens (primary N) is 1. The van der Waals surface area contributed by atoms with Crippen LogP contribution < -0.4 is 11.1 Å². The molecule has 1 saturated heterocycles. The zero-order chi connectivity index (χ0) is 15.6. The van der Waals surface area contributed by atoms with Gasteiger partial charge in [0.1, 0.15) is 4.99 Å². The molecule has 0 spiro atoms. The Labute approximate surface area is 128 Å². The number of thiocarbonyl (C=S) groups is 1. The van der Waals surface area contributed by atoms with Crippen molar-refractivity contribution in [1.82, 2.24) is 4.90 Å². The Bertz CT molecular complexity index is 542. The van der Waals surface area contributed by atoms with Crippen LogP contribution in [0.1, 0.15) is 12.5 Å². The second kappa shape index (κ2) is 6.48. The molecule has 0 bridgehead atoms. The van der Waals surface area contributed by atoms with E-state index in [4.69, 9.17) is 18.0 Å². The predicted octanol–water partition coefficient (Wildman–Crippen LogP) is -0.315. The molecule has 6 nitrogen and oxygen atoms in total. The highest BCUT2D eigenvalue weighted by atomic mass is 32.1. The van der Waals surface area contributed by atoms with Gasteiger partial charge in [-0.25, -0.2) is 0 Å². The van der Waals surface area contributed by atoms with E-state index in [1.807, 2.05) is 0 Å². The lowest BCUT2D eigenvalue weighted by Gasteiger charge is -2.23. The van der Waals surface area contributed by atoms with E-state index in [0.717, 1.165) is 0 Å². The third kappa shape index (κ3) is 3.56. The number of amides is 1. The number of β-amino-alcohol motifs (C(OH)–C–C–N with tert-alkyl or cyclic N) is 2. The van der Waals surface area contributed by atoms with Gasteiger partial charge >= 0.3 is 0 Å². The van der Waals surface area contributed by atoms with Gasteiger partial charge in [-0.3, -0.25) is 9.69 Å². The molecule has 7 heteroatoms. The molecule has 0 saturated carbocycles. The number of hydrogen-bond acceptors (Lipinski definition) is 5. The number of para-hydroxylation sites is 1. The van der Waals surface area contributed by atoms with Crippen LogP contribution in [-0.2, 0) is 4.79 Å². The van der Waals surface area contributed by atoms with E-state index in [9.17, 15) is 15.0 Å². The van der Waals surface area contributed by atoms with Gasteiger partial charge in [0, 0.05) is 18.7 Å². The maximum absolute atomic E-state index is 12.3. The van der Waals surface area contributed by atoms with Crippen molar-refractivity contribution in [1.29, 1.82) is 0 Å². The normalized spacial score (nSPS) is 23.8. The van der Waals surface area contributed by atoms with Gasteiger partial charge in [-0.1, -0.05) is 24.4 Å². The molecule has 3 unspecified atom stereocenters. The molecule has 1 amide bonds. The molecule has 1 aliphatic rings. The number of aliphatic hydroxyl groups excluding tert-OH is 2. The number of benzene rings is 1. The minimum atomic E-state index is -0.816. The van der Waals surface area contributed by atoms with Crippen LogP contribution in [0.4, 0.5) is 5.69 Å². The summed E-state index contributed by atoms with van der Waals surface area (Å²) in [5.74, 6) is -0.236. The summed E-state index contributed by atoms with van der Waals surface area (Å²) in [6.07, 6.45) is -1.63. The summed E-state index contributed by atoms with van der Waals surface area (Å²) in [7, 11) is 0. The Balaban J connectivity index is 2.06. The largest absolute Gasteiger partial charge is 0.389 e. The maximum Gasteiger partial charge on any atom is 0.241 e. The molecule has 0 radical (unpaired) electrons. The number of hydrogen-bond donors (Lipinski definition) is 4. The highest BCUT2D eigenvalue weighted by Gasteiger charge is 2.34. The van der Waals surface area contributed by atoms with Gasteiger partial charge in [-0.15, -0.1) is 0 Å². The number of nitrogens with one attached hydrogen (secondary N) is 1. The molecule has 1 aromatic carbocycles. The van der Waals surface area contributed by atoms with Crippen molar-refractivity contribution in [2.45, 2.75) is 25.2 Å². The van der Waals surface area contributed by atoms with Crippen molar-refractivity contribution in [2.24, 2.45) is 5.73 Å². The highest BCUT2D eigenvalue weighted by Crippen LogP contribution is 2.18. The van der Waals surface area contributed by atoms with Gasteiger partial charge in [0.2, 0.25) is 5.91 Å². The van der Waals surface area contributed by atoms with E-state index in [2.05, 4.69) is 5.32 Å². The van der Waals surface area contributed by atoms with Gasteiger partial charge in [0.25, 0.3) is 0 Å². The van der Waals surface area contributed by atoms with Crippen molar-refractivity contribution in [3.8, 4) is 0 Å². The first kappa shape index (κ1) is 15.8. The van der Waals surface area contributed by atoms with Gasteiger partial charge in [0.05, 0.1) is 23.9 Å². The molecule has 1 aliphatic heterocycles. The van der Waals surface area contributed by atoms with Gasteiger partial charge < -0.3 is 21.3 Å². The Kier molecular flexibility index (Phi) is 4.89. The number of carbonyl (C=O) groups is 1. The summed E-state index contributed by atoms with van der Waals surface area (Å²) >= 11 is 4.96. The number of aliphatic hydroxyl groups is 2. The van der Waals surface area contributed by atoms with E-state index < -0.39 is 18.2 Å². The zero-order valence-corrected chi connectivity index (χ0v) is 12.5. The number of likely N-dealkylation sites (tertiary alicyclic amines) is 1. The fourth-order valence-electron chi connectivity index (χ4n) is 2.32. The third-order valence-electron chi connectivity index (χ3n) is 3.66. The van der Waals surface area contributed by atoms with Crippen molar-refractivity contribution in [3.63, 3.8) is 0 Å². The lowest BCUT2D eigenvalue weighted by Crippen LogP contribution is -2.41. The summed E-state index contributed by atoms with van der Waals surface area (Å²) in [6.45, 7) is 2.27. The average Bonchev–Trinajstić information content (AvgIpc) is 2.78. The molecule has 0 aromatic heterocycles. The molecular formula is C14H19N3O3S. The van der Waals surface area contributed by atoms with Crippen LogP contribution in [0.2, 0.25) is 0 Å². The highest BCUT2D eigenvalue weighted by molar-refractivity contribution is 7.80. The maximum atomic E-state index is 12.3. The van der Waals surface area contributed by atoms with Gasteiger partial charge in [-0.05, 0) is 19.1 Å². The number of nitrogens with zero attached hydrogens (tertiary/aromatic N) is 1. The topological polar surface area (TPSA) is 98.8 Å². The van der Waals surface area contributed by atoms with Crippen LogP contribution >= 0.6 is 12.2 Å². The van der Waals surface area contributed by atoms with E-state index in [1.54, 1.807) is 36.1 Å². The van der Waals surface area contributed by atoms with Gasteiger partial charge in [-0.2, -0.15) is 0 Å². The SMILES string of the molecule is CC(C(=O)Nc1ccccc1C(N)=S)N1CC(O)C(O)C1. The summed E-state index contributed by atoms with van der Waals surface area (Å²) in [5.41, 5.74) is 6.79. The van der Waals surface area contributed by atoms with Crippen LogP contribution in [0.15, 0.2) is 24.3 Å². The fourth-order valence-corrected chi connectivity index (χ4v) is 2.50. The Morgan fingerprint density at radius 1 is 1.38 bits per heavy atom. The van der Waals surface area contributed by atoms with Crippen LogP contribution in [-0.4, -0.2) is 57.3 Å². The molecule has 5 N–H and O–H groups in total. The summed E-state index contributed by atoms with van der Waals surface area (Å²) < 4.78 is 0. The number of anilines is 1. The van der Waals surface area contributed by atoms with Gasteiger partial charge in [0.15, 0.2) is 0 Å². The minimum absolute atomic E-state index is 0.213. The lowest BCUT2D eigenvalue weighted by molar-refractivity contribution is -0.120. The van der Waals surface area contributed by atoms with E-state index in [-0.39, 0.29) is 24.0 Å². The predicted molar refractivity (Wildman–Crippen MR) is 84.0 cm³/mol. The fraction of sp³-hybridized carbons (Fsp3) is 0.429.